The molecule has 0 radical (unpaired) electrons. The fraction of sp³-hybridized carbons (Fsp3) is 0.471. The fourth-order valence-electron chi connectivity index (χ4n) is 2.83. The number of rotatable bonds is 4. The minimum atomic E-state index is -0.194. The fourth-order valence-corrected chi connectivity index (χ4v) is 2.83. The van der Waals surface area contributed by atoms with E-state index in [1.54, 1.807) is 4.57 Å². The lowest BCUT2D eigenvalue weighted by Gasteiger charge is -2.05. The quantitative estimate of drug-likeness (QED) is 0.927. The van der Waals surface area contributed by atoms with Gasteiger partial charge in [0.25, 0.3) is 0 Å². The van der Waals surface area contributed by atoms with E-state index in [0.717, 1.165) is 37.1 Å². The Hall–Kier alpha value is -2.37. The predicted molar refractivity (Wildman–Crippen MR) is 87.1 cm³/mol. The Morgan fingerprint density at radius 1 is 1.22 bits per heavy atom. The number of nitrogens with zero attached hydrogens (tertiary/aromatic N) is 3. The first-order valence-corrected chi connectivity index (χ1v) is 8.12. The number of fused-ring (bicyclic) bond motifs is 1. The zero-order valence-electron chi connectivity index (χ0n) is 13.4. The minimum Gasteiger partial charge on any atom is -0.350 e. The summed E-state index contributed by atoms with van der Waals surface area (Å²) in [5.41, 5.74) is 2.05. The number of hydrogen-bond donors (Lipinski definition) is 1. The minimum absolute atomic E-state index is 0.0231. The van der Waals surface area contributed by atoms with Crippen LogP contribution in [0.2, 0.25) is 0 Å². The largest absolute Gasteiger partial charge is 0.350 e. The lowest BCUT2D eigenvalue weighted by atomic mass is 10.1. The van der Waals surface area contributed by atoms with E-state index in [1.165, 1.54) is 10.2 Å². The Kier molecular flexibility index (Phi) is 4.60. The molecular weight excluding hydrogens is 292 g/mol. The van der Waals surface area contributed by atoms with Gasteiger partial charge in [-0.2, -0.15) is 5.10 Å². The Balaban J connectivity index is 1.62. The van der Waals surface area contributed by atoms with Crippen molar-refractivity contribution in [2.24, 2.45) is 0 Å². The van der Waals surface area contributed by atoms with Crippen LogP contribution in [-0.2, 0) is 30.8 Å². The molecule has 2 aromatic rings. The van der Waals surface area contributed by atoms with Crippen molar-refractivity contribution < 1.29 is 4.79 Å². The molecule has 23 heavy (non-hydrogen) atoms. The van der Waals surface area contributed by atoms with Crippen molar-refractivity contribution in [3.63, 3.8) is 0 Å². The summed E-state index contributed by atoms with van der Waals surface area (Å²) in [5.74, 6) is 0.611. The van der Waals surface area contributed by atoms with E-state index >= 15 is 0 Å². The van der Waals surface area contributed by atoms with Gasteiger partial charge in [-0.3, -0.25) is 9.36 Å². The van der Waals surface area contributed by atoms with Gasteiger partial charge in [0.05, 0.1) is 0 Å². The molecule has 3 rings (SSSR count). The van der Waals surface area contributed by atoms with Crippen molar-refractivity contribution in [2.45, 2.75) is 52.2 Å². The first kappa shape index (κ1) is 15.5. The van der Waals surface area contributed by atoms with Crippen LogP contribution in [0, 0.1) is 6.92 Å². The van der Waals surface area contributed by atoms with Gasteiger partial charge in [-0.25, -0.2) is 9.48 Å². The molecule has 6 nitrogen and oxygen atoms in total. The molecule has 1 aromatic heterocycles. The highest BCUT2D eigenvalue weighted by atomic mass is 16.2. The van der Waals surface area contributed by atoms with Crippen molar-refractivity contribution >= 4 is 5.91 Å². The summed E-state index contributed by atoms with van der Waals surface area (Å²) in [6, 6.07) is 8.00. The first-order valence-electron chi connectivity index (χ1n) is 8.12. The van der Waals surface area contributed by atoms with Gasteiger partial charge in [0.1, 0.15) is 12.4 Å². The summed E-state index contributed by atoms with van der Waals surface area (Å²) >= 11 is 0. The van der Waals surface area contributed by atoms with Crippen molar-refractivity contribution in [2.75, 3.05) is 0 Å². The highest BCUT2D eigenvalue weighted by Gasteiger charge is 2.17. The van der Waals surface area contributed by atoms with Gasteiger partial charge in [0, 0.05) is 19.5 Å². The van der Waals surface area contributed by atoms with E-state index < -0.39 is 0 Å². The van der Waals surface area contributed by atoms with Crippen LogP contribution < -0.4 is 11.0 Å². The van der Waals surface area contributed by atoms with Crippen LogP contribution >= 0.6 is 0 Å². The van der Waals surface area contributed by atoms with Gasteiger partial charge in [-0.1, -0.05) is 36.2 Å². The van der Waals surface area contributed by atoms with Gasteiger partial charge in [0.2, 0.25) is 5.91 Å². The molecule has 1 aliphatic heterocycles. The third-order valence-electron chi connectivity index (χ3n) is 4.19. The summed E-state index contributed by atoms with van der Waals surface area (Å²) in [5, 5.41) is 7.16. The molecule has 0 bridgehead atoms. The number of hydrogen-bond acceptors (Lipinski definition) is 3. The third kappa shape index (κ3) is 3.70. The SMILES string of the molecule is Cc1ccc(CNC(=O)Cn2nc3n(c2=O)CCCCC3)cc1. The van der Waals surface area contributed by atoms with Gasteiger partial charge < -0.3 is 5.32 Å². The number of carbonyl (C=O) groups is 1. The molecule has 0 aliphatic carbocycles. The van der Waals surface area contributed by atoms with Gasteiger partial charge >= 0.3 is 5.69 Å². The van der Waals surface area contributed by atoms with Crippen LogP contribution in [0.15, 0.2) is 29.1 Å². The highest BCUT2D eigenvalue weighted by Crippen LogP contribution is 2.10. The zero-order chi connectivity index (χ0) is 16.2. The Morgan fingerprint density at radius 3 is 2.78 bits per heavy atom. The van der Waals surface area contributed by atoms with Gasteiger partial charge in [-0.15, -0.1) is 0 Å². The van der Waals surface area contributed by atoms with E-state index in [0.29, 0.717) is 13.1 Å². The summed E-state index contributed by atoms with van der Waals surface area (Å²) in [6.45, 7) is 3.17. The number of aryl methyl sites for hydroxylation is 2. The number of amides is 1. The molecule has 0 spiro atoms. The lowest BCUT2D eigenvalue weighted by Crippen LogP contribution is -2.33. The molecule has 6 heteroatoms. The molecule has 122 valence electrons. The van der Waals surface area contributed by atoms with Crippen LogP contribution in [0.5, 0.6) is 0 Å². The lowest BCUT2D eigenvalue weighted by molar-refractivity contribution is -0.122. The number of aromatic nitrogens is 3. The normalized spacial score (nSPS) is 14.1. The predicted octanol–water partition coefficient (Wildman–Crippen LogP) is 1.40. The second-order valence-electron chi connectivity index (χ2n) is 6.08. The maximum Gasteiger partial charge on any atom is 0.346 e. The summed E-state index contributed by atoms with van der Waals surface area (Å²) in [4.78, 5) is 24.4. The topological polar surface area (TPSA) is 68.9 Å². The Morgan fingerprint density at radius 2 is 2.00 bits per heavy atom. The zero-order valence-corrected chi connectivity index (χ0v) is 13.4. The molecule has 1 N–H and O–H groups in total. The van der Waals surface area contributed by atoms with E-state index in [2.05, 4.69) is 10.4 Å². The van der Waals surface area contributed by atoms with E-state index in [9.17, 15) is 9.59 Å². The second-order valence-corrected chi connectivity index (χ2v) is 6.08. The van der Waals surface area contributed by atoms with Crippen LogP contribution in [-0.4, -0.2) is 20.3 Å². The average molecular weight is 314 g/mol. The molecule has 1 aromatic carbocycles. The number of carbonyl (C=O) groups excluding carboxylic acids is 1. The molecule has 0 saturated carbocycles. The van der Waals surface area contributed by atoms with Crippen LogP contribution in [0.4, 0.5) is 0 Å². The number of nitrogens with one attached hydrogen (secondary N) is 1. The molecule has 1 amide bonds. The van der Waals surface area contributed by atoms with Gasteiger partial charge in [0.15, 0.2) is 0 Å². The maximum atomic E-state index is 12.3. The molecule has 0 fully saturated rings. The maximum absolute atomic E-state index is 12.3. The molecule has 1 aliphatic rings. The number of benzene rings is 1. The second kappa shape index (κ2) is 6.81. The Bertz CT molecular complexity index is 743. The van der Waals surface area contributed by atoms with Crippen LogP contribution in [0.3, 0.4) is 0 Å². The van der Waals surface area contributed by atoms with Crippen molar-refractivity contribution in [1.82, 2.24) is 19.7 Å². The third-order valence-corrected chi connectivity index (χ3v) is 4.19. The summed E-state index contributed by atoms with van der Waals surface area (Å²) in [6.07, 6.45) is 3.99. The molecule has 2 heterocycles. The van der Waals surface area contributed by atoms with Crippen LogP contribution in [0.25, 0.3) is 0 Å². The van der Waals surface area contributed by atoms with Crippen LogP contribution in [0.1, 0.15) is 36.2 Å². The smallest absolute Gasteiger partial charge is 0.346 e. The first-order chi connectivity index (χ1) is 11.1. The standard InChI is InChI=1S/C17H22N4O2/c1-13-6-8-14(9-7-13)11-18-16(22)12-21-17(23)20-10-4-2-3-5-15(20)19-21/h6-9H,2-5,10-12H2,1H3,(H,18,22). The van der Waals surface area contributed by atoms with E-state index in [4.69, 9.17) is 0 Å². The molecule has 0 saturated heterocycles. The molecule has 0 unspecified atom stereocenters. The van der Waals surface area contributed by atoms with Gasteiger partial charge in [-0.05, 0) is 25.3 Å². The van der Waals surface area contributed by atoms with E-state index in [-0.39, 0.29) is 18.1 Å². The molecular formula is C17H22N4O2. The Labute approximate surface area is 135 Å². The average Bonchev–Trinajstić information content (AvgIpc) is 2.72. The summed E-state index contributed by atoms with van der Waals surface area (Å²) in [7, 11) is 0. The van der Waals surface area contributed by atoms with Crippen molar-refractivity contribution in [3.05, 3.63) is 51.7 Å². The highest BCUT2D eigenvalue weighted by molar-refractivity contribution is 5.75. The molecule has 0 atom stereocenters. The van der Waals surface area contributed by atoms with Crippen molar-refractivity contribution in [1.29, 1.82) is 0 Å². The summed E-state index contributed by atoms with van der Waals surface area (Å²) < 4.78 is 2.99. The van der Waals surface area contributed by atoms with Crippen molar-refractivity contribution in [3.8, 4) is 0 Å². The monoisotopic (exact) mass is 314 g/mol. The van der Waals surface area contributed by atoms with E-state index in [1.807, 2.05) is 31.2 Å².